The van der Waals surface area contributed by atoms with E-state index in [0.717, 1.165) is 12.8 Å². The summed E-state index contributed by atoms with van der Waals surface area (Å²) >= 11 is 0. The quantitative estimate of drug-likeness (QED) is 0.611. The molecular formula is C11H20N2O3. The fourth-order valence-electron chi connectivity index (χ4n) is 1.32. The van der Waals surface area contributed by atoms with E-state index in [1.807, 2.05) is 6.92 Å². The smallest absolute Gasteiger partial charge is 0.307 e. The summed E-state index contributed by atoms with van der Waals surface area (Å²) < 4.78 is 4.81. The first-order chi connectivity index (χ1) is 7.61. The zero-order chi connectivity index (χ0) is 12.0. The van der Waals surface area contributed by atoms with Gasteiger partial charge in [-0.1, -0.05) is 0 Å². The molecule has 1 aliphatic carbocycles. The van der Waals surface area contributed by atoms with Crippen LogP contribution in [0.2, 0.25) is 0 Å². The van der Waals surface area contributed by atoms with E-state index in [-0.39, 0.29) is 24.5 Å². The van der Waals surface area contributed by atoms with Gasteiger partial charge in [0.15, 0.2) is 0 Å². The summed E-state index contributed by atoms with van der Waals surface area (Å²) in [5.74, 6) is -0.233. The fourth-order valence-corrected chi connectivity index (χ4v) is 1.32. The number of carbonyl (C=O) groups excluding carboxylic acids is 2. The average molecular weight is 228 g/mol. The lowest BCUT2D eigenvalue weighted by molar-refractivity contribution is -0.143. The van der Waals surface area contributed by atoms with Gasteiger partial charge in [0.2, 0.25) is 5.91 Å². The summed E-state index contributed by atoms with van der Waals surface area (Å²) in [4.78, 5) is 22.4. The molecule has 1 unspecified atom stereocenters. The second-order valence-corrected chi connectivity index (χ2v) is 4.13. The lowest BCUT2D eigenvalue weighted by Crippen LogP contribution is -2.39. The van der Waals surface area contributed by atoms with E-state index in [9.17, 15) is 9.59 Å². The van der Waals surface area contributed by atoms with Crippen LogP contribution < -0.4 is 10.6 Å². The molecule has 0 spiro atoms. The molecule has 5 nitrogen and oxygen atoms in total. The maximum Gasteiger partial charge on any atom is 0.307 e. The van der Waals surface area contributed by atoms with Crippen molar-refractivity contribution in [2.45, 2.75) is 45.2 Å². The Morgan fingerprint density at radius 1 is 1.44 bits per heavy atom. The van der Waals surface area contributed by atoms with Crippen molar-refractivity contribution in [1.29, 1.82) is 0 Å². The number of rotatable bonds is 7. The first kappa shape index (κ1) is 13.0. The Bertz CT molecular complexity index is 252. The number of amides is 1. The van der Waals surface area contributed by atoms with Crippen LogP contribution in [-0.2, 0) is 14.3 Å². The highest BCUT2D eigenvalue weighted by Crippen LogP contribution is 2.18. The normalized spacial score (nSPS) is 16.6. The third-order valence-corrected chi connectivity index (χ3v) is 2.33. The molecule has 2 N–H and O–H groups in total. The van der Waals surface area contributed by atoms with E-state index in [4.69, 9.17) is 4.74 Å². The Hall–Kier alpha value is -1.10. The van der Waals surface area contributed by atoms with Crippen molar-refractivity contribution in [2.24, 2.45) is 0 Å². The highest BCUT2D eigenvalue weighted by Gasteiger charge is 2.23. The van der Waals surface area contributed by atoms with Crippen LogP contribution in [0.1, 0.15) is 33.1 Å². The molecule has 1 amide bonds. The minimum absolute atomic E-state index is 0.00166. The third-order valence-electron chi connectivity index (χ3n) is 2.33. The molecular weight excluding hydrogens is 208 g/mol. The molecule has 1 saturated carbocycles. The van der Waals surface area contributed by atoms with Gasteiger partial charge in [0, 0.05) is 12.1 Å². The van der Waals surface area contributed by atoms with Crippen molar-refractivity contribution in [1.82, 2.24) is 10.6 Å². The highest BCUT2D eigenvalue weighted by atomic mass is 16.5. The molecule has 0 heterocycles. The van der Waals surface area contributed by atoms with Crippen molar-refractivity contribution in [3.63, 3.8) is 0 Å². The van der Waals surface area contributed by atoms with Gasteiger partial charge in [-0.25, -0.2) is 0 Å². The van der Waals surface area contributed by atoms with Crippen LogP contribution in [0, 0.1) is 0 Å². The molecule has 16 heavy (non-hydrogen) atoms. The van der Waals surface area contributed by atoms with Crippen LogP contribution >= 0.6 is 0 Å². The molecule has 0 aliphatic heterocycles. The second kappa shape index (κ2) is 6.48. The molecule has 1 rings (SSSR count). The van der Waals surface area contributed by atoms with E-state index < -0.39 is 0 Å². The number of hydrogen-bond donors (Lipinski definition) is 2. The highest BCUT2D eigenvalue weighted by molar-refractivity contribution is 5.78. The number of nitrogens with one attached hydrogen (secondary N) is 2. The Labute approximate surface area is 95.9 Å². The minimum Gasteiger partial charge on any atom is -0.466 e. The van der Waals surface area contributed by atoms with Crippen molar-refractivity contribution >= 4 is 11.9 Å². The summed E-state index contributed by atoms with van der Waals surface area (Å²) in [5.41, 5.74) is 0. The standard InChI is InChI=1S/C11H20N2O3/c1-3-16-11(15)6-8(2)12-7-10(14)13-9-4-5-9/h8-9,12H,3-7H2,1-2H3,(H,13,14). The zero-order valence-corrected chi connectivity index (χ0v) is 9.91. The van der Waals surface area contributed by atoms with E-state index >= 15 is 0 Å². The monoisotopic (exact) mass is 228 g/mol. The number of carbonyl (C=O) groups is 2. The molecule has 0 aromatic carbocycles. The van der Waals surface area contributed by atoms with E-state index in [1.54, 1.807) is 6.92 Å². The predicted octanol–water partition coefficient (Wildman–Crippen LogP) is 0.196. The largest absolute Gasteiger partial charge is 0.466 e. The molecule has 1 fully saturated rings. The Morgan fingerprint density at radius 3 is 2.69 bits per heavy atom. The maximum atomic E-state index is 11.3. The van der Waals surface area contributed by atoms with Crippen molar-refractivity contribution in [2.75, 3.05) is 13.2 Å². The van der Waals surface area contributed by atoms with Gasteiger partial charge in [-0.15, -0.1) is 0 Å². The van der Waals surface area contributed by atoms with Crippen LogP contribution in [0.3, 0.4) is 0 Å². The number of esters is 1. The molecule has 0 radical (unpaired) electrons. The Kier molecular flexibility index (Phi) is 5.25. The van der Waals surface area contributed by atoms with Crippen molar-refractivity contribution < 1.29 is 14.3 Å². The van der Waals surface area contributed by atoms with Crippen molar-refractivity contribution in [3.05, 3.63) is 0 Å². The van der Waals surface area contributed by atoms with Crippen molar-refractivity contribution in [3.8, 4) is 0 Å². The van der Waals surface area contributed by atoms with E-state index in [1.165, 1.54) is 0 Å². The molecule has 0 aromatic rings. The van der Waals surface area contributed by atoms with Gasteiger partial charge >= 0.3 is 5.97 Å². The van der Waals surface area contributed by atoms with Gasteiger partial charge in [0.1, 0.15) is 0 Å². The summed E-state index contributed by atoms with van der Waals surface area (Å²) in [6.07, 6.45) is 2.47. The summed E-state index contributed by atoms with van der Waals surface area (Å²) in [6.45, 7) is 4.30. The Balaban J connectivity index is 2.06. The zero-order valence-electron chi connectivity index (χ0n) is 9.91. The molecule has 1 atom stereocenters. The minimum atomic E-state index is -0.231. The van der Waals surface area contributed by atoms with Gasteiger partial charge in [-0.2, -0.15) is 0 Å². The second-order valence-electron chi connectivity index (χ2n) is 4.13. The predicted molar refractivity (Wildman–Crippen MR) is 59.9 cm³/mol. The van der Waals surface area contributed by atoms with Gasteiger partial charge < -0.3 is 15.4 Å². The van der Waals surface area contributed by atoms with Gasteiger partial charge in [-0.3, -0.25) is 9.59 Å². The van der Waals surface area contributed by atoms with Crippen LogP contribution in [0.25, 0.3) is 0 Å². The maximum absolute atomic E-state index is 11.3. The average Bonchev–Trinajstić information content (AvgIpc) is 2.99. The summed E-state index contributed by atoms with van der Waals surface area (Å²) in [7, 11) is 0. The SMILES string of the molecule is CCOC(=O)CC(C)NCC(=O)NC1CC1. The number of ether oxygens (including phenoxy) is 1. The first-order valence-electron chi connectivity index (χ1n) is 5.80. The van der Waals surface area contributed by atoms with E-state index in [0.29, 0.717) is 19.1 Å². The first-order valence-corrected chi connectivity index (χ1v) is 5.80. The van der Waals surface area contributed by atoms with Crippen LogP contribution in [0.15, 0.2) is 0 Å². The lowest BCUT2D eigenvalue weighted by Gasteiger charge is -2.12. The molecule has 92 valence electrons. The third kappa shape index (κ3) is 5.70. The van der Waals surface area contributed by atoms with Gasteiger partial charge in [-0.05, 0) is 26.7 Å². The molecule has 0 aromatic heterocycles. The lowest BCUT2D eigenvalue weighted by atomic mass is 10.2. The van der Waals surface area contributed by atoms with Gasteiger partial charge in [0.05, 0.1) is 19.6 Å². The molecule has 1 aliphatic rings. The molecule has 0 bridgehead atoms. The van der Waals surface area contributed by atoms with Crippen LogP contribution in [0.5, 0.6) is 0 Å². The van der Waals surface area contributed by atoms with Crippen LogP contribution in [0.4, 0.5) is 0 Å². The Morgan fingerprint density at radius 2 is 2.12 bits per heavy atom. The van der Waals surface area contributed by atoms with E-state index in [2.05, 4.69) is 10.6 Å². The topological polar surface area (TPSA) is 67.4 Å². The molecule has 0 saturated heterocycles. The molecule has 5 heteroatoms. The fraction of sp³-hybridized carbons (Fsp3) is 0.818. The van der Waals surface area contributed by atoms with Crippen LogP contribution in [-0.4, -0.2) is 37.1 Å². The summed E-state index contributed by atoms with van der Waals surface area (Å²) in [5, 5.41) is 5.86. The van der Waals surface area contributed by atoms with Gasteiger partial charge in [0.25, 0.3) is 0 Å². The number of hydrogen-bond acceptors (Lipinski definition) is 4. The summed E-state index contributed by atoms with van der Waals surface area (Å²) in [6, 6.07) is 0.346.